The predicted octanol–water partition coefficient (Wildman–Crippen LogP) is 1.10. The van der Waals surface area contributed by atoms with Gasteiger partial charge in [0.15, 0.2) is 0 Å². The summed E-state index contributed by atoms with van der Waals surface area (Å²) in [4.78, 5) is 24.6. The first-order valence-corrected chi connectivity index (χ1v) is 5.16. The van der Waals surface area contributed by atoms with Crippen LogP contribution >= 0.6 is 0 Å². The van der Waals surface area contributed by atoms with Crippen LogP contribution < -0.4 is 5.69 Å². The highest BCUT2D eigenvalue weighted by molar-refractivity contribution is 5.70. The quantitative estimate of drug-likeness (QED) is 0.832. The molecule has 5 nitrogen and oxygen atoms in total. The Morgan fingerprint density at radius 1 is 1.35 bits per heavy atom. The van der Waals surface area contributed by atoms with Gasteiger partial charge >= 0.3 is 11.7 Å². The van der Waals surface area contributed by atoms with Crippen molar-refractivity contribution in [2.75, 3.05) is 0 Å². The zero-order valence-electron chi connectivity index (χ0n) is 9.30. The molecule has 0 bridgehead atoms. The van der Waals surface area contributed by atoms with Crippen molar-refractivity contribution < 1.29 is 9.90 Å². The summed E-state index contributed by atoms with van der Waals surface area (Å²) in [6.07, 6.45) is 1.62. The number of hydrogen-bond donors (Lipinski definition) is 2. The van der Waals surface area contributed by atoms with Crippen LogP contribution in [-0.4, -0.2) is 20.6 Å². The number of rotatable bonds is 3. The molecule has 0 fully saturated rings. The molecule has 0 atom stereocenters. The van der Waals surface area contributed by atoms with Gasteiger partial charge in [-0.15, -0.1) is 0 Å². The van der Waals surface area contributed by atoms with E-state index in [2.05, 4.69) is 4.98 Å². The molecule has 0 saturated carbocycles. The van der Waals surface area contributed by atoms with Crippen LogP contribution in [-0.2, 0) is 11.2 Å². The molecule has 1 heterocycles. The summed E-state index contributed by atoms with van der Waals surface area (Å²) >= 11 is 0. The number of aryl methyl sites for hydroxylation is 1. The summed E-state index contributed by atoms with van der Waals surface area (Å²) in [5.74, 6) is -0.868. The van der Waals surface area contributed by atoms with Crippen molar-refractivity contribution in [3.8, 4) is 5.69 Å². The number of aromatic amines is 1. The van der Waals surface area contributed by atoms with Crippen molar-refractivity contribution in [1.29, 1.82) is 0 Å². The molecule has 0 aliphatic rings. The molecule has 2 rings (SSSR count). The molecular formula is C12H12N2O3. The number of imidazole rings is 1. The number of benzene rings is 1. The van der Waals surface area contributed by atoms with E-state index in [0.29, 0.717) is 5.56 Å². The van der Waals surface area contributed by atoms with Crippen molar-refractivity contribution in [2.24, 2.45) is 0 Å². The lowest BCUT2D eigenvalue weighted by atomic mass is 10.1. The van der Waals surface area contributed by atoms with E-state index in [0.717, 1.165) is 11.4 Å². The van der Waals surface area contributed by atoms with Crippen LogP contribution in [0.2, 0.25) is 0 Å². The van der Waals surface area contributed by atoms with Crippen molar-refractivity contribution in [2.45, 2.75) is 13.3 Å². The largest absolute Gasteiger partial charge is 0.481 e. The van der Waals surface area contributed by atoms with Crippen LogP contribution in [0.15, 0.2) is 35.3 Å². The molecule has 0 aliphatic carbocycles. The zero-order chi connectivity index (χ0) is 12.4. The molecule has 0 amide bonds. The minimum absolute atomic E-state index is 0.0126. The molecular weight excluding hydrogens is 220 g/mol. The Bertz CT molecular complexity index is 593. The van der Waals surface area contributed by atoms with E-state index in [9.17, 15) is 9.59 Å². The molecule has 2 N–H and O–H groups in total. The number of carboxylic acids is 1. The lowest BCUT2D eigenvalue weighted by Crippen LogP contribution is -2.15. The van der Waals surface area contributed by atoms with Gasteiger partial charge in [0.05, 0.1) is 12.1 Å². The molecule has 88 valence electrons. The normalized spacial score (nSPS) is 10.4. The summed E-state index contributed by atoms with van der Waals surface area (Å²) < 4.78 is 1.53. The highest BCUT2D eigenvalue weighted by Crippen LogP contribution is 2.10. The van der Waals surface area contributed by atoms with Crippen LogP contribution in [0.4, 0.5) is 0 Å². The van der Waals surface area contributed by atoms with Gasteiger partial charge in [0.1, 0.15) is 0 Å². The molecule has 5 heteroatoms. The Morgan fingerprint density at radius 3 is 2.47 bits per heavy atom. The average Bonchev–Trinajstić information content (AvgIpc) is 2.59. The van der Waals surface area contributed by atoms with Gasteiger partial charge in [0, 0.05) is 11.9 Å². The second-order valence-electron chi connectivity index (χ2n) is 3.81. The fourth-order valence-electron chi connectivity index (χ4n) is 1.71. The Labute approximate surface area is 97.3 Å². The van der Waals surface area contributed by atoms with E-state index in [-0.39, 0.29) is 12.1 Å². The highest BCUT2D eigenvalue weighted by Gasteiger charge is 2.05. The number of nitrogens with one attached hydrogen (secondary N) is 1. The van der Waals surface area contributed by atoms with Crippen LogP contribution in [0, 0.1) is 6.92 Å². The van der Waals surface area contributed by atoms with Crippen molar-refractivity contribution >= 4 is 5.97 Å². The number of carboxylic acid groups (broad SMARTS) is 1. The van der Waals surface area contributed by atoms with Gasteiger partial charge < -0.3 is 10.1 Å². The third-order valence-electron chi connectivity index (χ3n) is 2.51. The average molecular weight is 232 g/mol. The van der Waals surface area contributed by atoms with E-state index < -0.39 is 5.97 Å². The SMILES string of the molecule is Cc1c[nH]c(=O)n1-c1ccc(CC(=O)O)cc1. The van der Waals surface area contributed by atoms with Gasteiger partial charge in [0.2, 0.25) is 0 Å². The fourth-order valence-corrected chi connectivity index (χ4v) is 1.71. The van der Waals surface area contributed by atoms with Crippen molar-refractivity contribution in [3.63, 3.8) is 0 Å². The standard InChI is InChI=1S/C12H12N2O3/c1-8-7-13-12(17)14(8)10-4-2-9(3-5-10)6-11(15)16/h2-5,7H,6H2,1H3,(H,13,17)(H,15,16). The third-order valence-corrected chi connectivity index (χ3v) is 2.51. The van der Waals surface area contributed by atoms with E-state index in [4.69, 9.17) is 5.11 Å². The van der Waals surface area contributed by atoms with Gasteiger partial charge in [-0.05, 0) is 24.6 Å². The lowest BCUT2D eigenvalue weighted by Gasteiger charge is -2.04. The maximum absolute atomic E-state index is 11.5. The van der Waals surface area contributed by atoms with Crippen LogP contribution in [0.3, 0.4) is 0 Å². The monoisotopic (exact) mass is 232 g/mol. The number of hydrogen-bond acceptors (Lipinski definition) is 2. The molecule has 0 unspecified atom stereocenters. The minimum atomic E-state index is -0.868. The summed E-state index contributed by atoms with van der Waals surface area (Å²) in [5.41, 5.74) is 2.04. The zero-order valence-corrected chi connectivity index (χ0v) is 9.30. The molecule has 1 aromatic carbocycles. The second-order valence-corrected chi connectivity index (χ2v) is 3.81. The fraction of sp³-hybridized carbons (Fsp3) is 0.167. The molecule has 17 heavy (non-hydrogen) atoms. The van der Waals surface area contributed by atoms with Gasteiger partial charge in [-0.2, -0.15) is 0 Å². The topological polar surface area (TPSA) is 75.1 Å². The van der Waals surface area contributed by atoms with Gasteiger partial charge in [0.25, 0.3) is 0 Å². The number of nitrogens with zero attached hydrogens (tertiary/aromatic N) is 1. The first-order chi connectivity index (χ1) is 8.08. The van der Waals surface area contributed by atoms with Gasteiger partial charge in [-0.25, -0.2) is 4.79 Å². The Balaban J connectivity index is 2.36. The maximum Gasteiger partial charge on any atom is 0.330 e. The smallest absolute Gasteiger partial charge is 0.330 e. The molecule has 0 saturated heterocycles. The van der Waals surface area contributed by atoms with E-state index >= 15 is 0 Å². The van der Waals surface area contributed by atoms with E-state index in [1.165, 1.54) is 4.57 Å². The molecule has 1 aromatic heterocycles. The molecule has 0 radical (unpaired) electrons. The van der Waals surface area contributed by atoms with E-state index in [1.54, 1.807) is 30.5 Å². The van der Waals surface area contributed by atoms with Crippen LogP contribution in [0.5, 0.6) is 0 Å². The summed E-state index contributed by atoms with van der Waals surface area (Å²) in [5, 5.41) is 8.65. The Hall–Kier alpha value is -2.30. The summed E-state index contributed by atoms with van der Waals surface area (Å²) in [7, 11) is 0. The van der Waals surface area contributed by atoms with Crippen LogP contribution in [0.25, 0.3) is 5.69 Å². The highest BCUT2D eigenvalue weighted by atomic mass is 16.4. The summed E-state index contributed by atoms with van der Waals surface area (Å²) in [6, 6.07) is 6.89. The number of carbonyl (C=O) groups is 1. The maximum atomic E-state index is 11.5. The van der Waals surface area contributed by atoms with E-state index in [1.807, 2.05) is 6.92 Å². The number of aromatic nitrogens is 2. The first kappa shape index (κ1) is 11.2. The summed E-state index contributed by atoms with van der Waals surface area (Å²) in [6.45, 7) is 1.82. The molecule has 0 aliphatic heterocycles. The molecule has 0 spiro atoms. The van der Waals surface area contributed by atoms with Gasteiger partial charge in [-0.1, -0.05) is 12.1 Å². The second kappa shape index (κ2) is 4.29. The van der Waals surface area contributed by atoms with Crippen molar-refractivity contribution in [1.82, 2.24) is 9.55 Å². The predicted molar refractivity (Wildman–Crippen MR) is 62.5 cm³/mol. The third kappa shape index (κ3) is 2.28. The number of H-pyrrole nitrogens is 1. The first-order valence-electron chi connectivity index (χ1n) is 5.16. The lowest BCUT2D eigenvalue weighted by molar-refractivity contribution is -0.136. The van der Waals surface area contributed by atoms with Crippen molar-refractivity contribution in [3.05, 3.63) is 52.2 Å². The van der Waals surface area contributed by atoms with Gasteiger partial charge in [-0.3, -0.25) is 9.36 Å². The molecule has 2 aromatic rings. The number of aliphatic carboxylic acids is 1. The van der Waals surface area contributed by atoms with Crippen LogP contribution in [0.1, 0.15) is 11.3 Å². The Kier molecular flexibility index (Phi) is 2.82. The Morgan fingerprint density at radius 2 is 2.00 bits per heavy atom. The minimum Gasteiger partial charge on any atom is -0.481 e.